The molecule has 1 amide bonds. The molecule has 7 heteroatoms. The van der Waals surface area contributed by atoms with E-state index >= 15 is 0 Å². The molecule has 0 unspecified atom stereocenters. The number of carbonyl (C=O) groups excluding carboxylic acids is 1. The molecule has 0 saturated heterocycles. The molecule has 1 N–H and O–H groups in total. The average molecular weight is 364 g/mol. The van der Waals surface area contributed by atoms with Crippen molar-refractivity contribution < 1.29 is 9.72 Å². The van der Waals surface area contributed by atoms with Crippen LogP contribution in [-0.2, 0) is 13.0 Å². The molecule has 0 aliphatic rings. The molecule has 7 nitrogen and oxygen atoms in total. The van der Waals surface area contributed by atoms with Crippen LogP contribution in [0.15, 0.2) is 60.9 Å². The highest BCUT2D eigenvalue weighted by molar-refractivity contribution is 5.94. The highest BCUT2D eigenvalue weighted by Gasteiger charge is 2.15. The molecule has 3 rings (SSSR count). The fourth-order valence-electron chi connectivity index (χ4n) is 2.83. The number of amides is 1. The van der Waals surface area contributed by atoms with Crippen molar-refractivity contribution in [1.82, 2.24) is 14.9 Å². The molecule has 0 saturated carbocycles. The Morgan fingerprint density at radius 3 is 2.74 bits per heavy atom. The van der Waals surface area contributed by atoms with E-state index in [1.54, 1.807) is 25.3 Å². The van der Waals surface area contributed by atoms with Crippen molar-refractivity contribution in [2.75, 3.05) is 6.54 Å². The van der Waals surface area contributed by atoms with Crippen LogP contribution in [0.5, 0.6) is 0 Å². The topological polar surface area (TPSA) is 90.1 Å². The van der Waals surface area contributed by atoms with E-state index in [2.05, 4.69) is 22.4 Å². The standard InChI is InChI=1S/C20H20N4O3/c1-15-7-8-17(13-18(15)24(26)27)20(25)22-10-9-19-21-11-12-23(19)14-16-5-3-2-4-6-16/h2-8,11-13H,9-10,14H2,1H3,(H,22,25). The second kappa shape index (κ2) is 8.27. The normalized spacial score (nSPS) is 10.6. The van der Waals surface area contributed by atoms with Gasteiger partial charge in [0.05, 0.1) is 4.92 Å². The molecule has 0 spiro atoms. The smallest absolute Gasteiger partial charge is 0.273 e. The van der Waals surface area contributed by atoms with Crippen molar-refractivity contribution in [3.63, 3.8) is 0 Å². The second-order valence-electron chi connectivity index (χ2n) is 6.22. The molecule has 0 atom stereocenters. The van der Waals surface area contributed by atoms with Gasteiger partial charge in [0.1, 0.15) is 5.82 Å². The van der Waals surface area contributed by atoms with Crippen LogP contribution in [0, 0.1) is 17.0 Å². The Kier molecular flexibility index (Phi) is 5.61. The Morgan fingerprint density at radius 1 is 1.22 bits per heavy atom. The number of aryl methyl sites for hydroxylation is 1. The van der Waals surface area contributed by atoms with Crippen LogP contribution in [0.4, 0.5) is 5.69 Å². The number of rotatable bonds is 7. The molecular formula is C20H20N4O3. The largest absolute Gasteiger partial charge is 0.352 e. The summed E-state index contributed by atoms with van der Waals surface area (Å²) in [6, 6.07) is 14.5. The summed E-state index contributed by atoms with van der Waals surface area (Å²) in [7, 11) is 0. The minimum absolute atomic E-state index is 0.0546. The van der Waals surface area contributed by atoms with Crippen LogP contribution < -0.4 is 5.32 Å². The molecule has 1 heterocycles. The summed E-state index contributed by atoms with van der Waals surface area (Å²) in [6.45, 7) is 2.76. The first-order chi connectivity index (χ1) is 13.0. The summed E-state index contributed by atoms with van der Waals surface area (Å²) in [5.41, 5.74) is 1.92. The van der Waals surface area contributed by atoms with Crippen molar-refractivity contribution in [3.05, 3.63) is 93.6 Å². The third kappa shape index (κ3) is 4.58. The van der Waals surface area contributed by atoms with Gasteiger partial charge in [0.25, 0.3) is 11.6 Å². The molecule has 0 aliphatic carbocycles. The molecule has 0 radical (unpaired) electrons. The fourth-order valence-corrected chi connectivity index (χ4v) is 2.83. The van der Waals surface area contributed by atoms with E-state index in [0.29, 0.717) is 25.1 Å². The second-order valence-corrected chi connectivity index (χ2v) is 6.22. The first-order valence-corrected chi connectivity index (χ1v) is 8.62. The number of imidazole rings is 1. The number of nitrogens with zero attached hydrogens (tertiary/aromatic N) is 3. The quantitative estimate of drug-likeness (QED) is 0.515. The van der Waals surface area contributed by atoms with Crippen LogP contribution in [0.3, 0.4) is 0 Å². The highest BCUT2D eigenvalue weighted by atomic mass is 16.6. The molecule has 0 bridgehead atoms. The summed E-state index contributed by atoms with van der Waals surface area (Å²) >= 11 is 0. The van der Waals surface area contributed by atoms with Gasteiger partial charge in [-0.1, -0.05) is 36.4 Å². The van der Waals surface area contributed by atoms with Crippen LogP contribution in [-0.4, -0.2) is 26.9 Å². The minimum Gasteiger partial charge on any atom is -0.352 e. The SMILES string of the molecule is Cc1ccc(C(=O)NCCc2nccn2Cc2ccccc2)cc1[N+](=O)[O-]. The maximum atomic E-state index is 12.3. The van der Waals surface area contributed by atoms with Crippen molar-refractivity contribution in [3.8, 4) is 0 Å². The van der Waals surface area contributed by atoms with E-state index in [1.165, 1.54) is 11.6 Å². The van der Waals surface area contributed by atoms with E-state index < -0.39 is 4.92 Å². The Hall–Kier alpha value is -3.48. The van der Waals surface area contributed by atoms with Gasteiger partial charge < -0.3 is 9.88 Å². The van der Waals surface area contributed by atoms with E-state index in [4.69, 9.17) is 0 Å². The van der Waals surface area contributed by atoms with Gasteiger partial charge in [0, 0.05) is 49.1 Å². The van der Waals surface area contributed by atoms with Crippen molar-refractivity contribution >= 4 is 11.6 Å². The van der Waals surface area contributed by atoms with Crippen LogP contribution in [0.2, 0.25) is 0 Å². The first-order valence-electron chi connectivity index (χ1n) is 8.62. The summed E-state index contributed by atoms with van der Waals surface area (Å²) in [5, 5.41) is 13.8. The minimum atomic E-state index is -0.480. The Morgan fingerprint density at radius 2 is 2.00 bits per heavy atom. The van der Waals surface area contributed by atoms with E-state index in [1.807, 2.05) is 29.0 Å². The zero-order chi connectivity index (χ0) is 19.2. The third-order valence-electron chi connectivity index (χ3n) is 4.30. The highest BCUT2D eigenvalue weighted by Crippen LogP contribution is 2.19. The van der Waals surface area contributed by atoms with Gasteiger partial charge >= 0.3 is 0 Å². The van der Waals surface area contributed by atoms with E-state index in [0.717, 1.165) is 5.82 Å². The summed E-state index contributed by atoms with van der Waals surface area (Å²) in [4.78, 5) is 27.2. The number of carbonyl (C=O) groups is 1. The monoisotopic (exact) mass is 364 g/mol. The number of benzene rings is 2. The maximum Gasteiger partial charge on any atom is 0.273 e. The average Bonchev–Trinajstić information content (AvgIpc) is 3.09. The first kappa shape index (κ1) is 18.3. The van der Waals surface area contributed by atoms with Gasteiger partial charge in [-0.15, -0.1) is 0 Å². The lowest BCUT2D eigenvalue weighted by molar-refractivity contribution is -0.385. The predicted molar refractivity (Wildman–Crippen MR) is 102 cm³/mol. The number of nitro benzene ring substituents is 1. The van der Waals surface area contributed by atoms with Gasteiger partial charge in [-0.25, -0.2) is 4.98 Å². The number of nitrogens with one attached hydrogen (secondary N) is 1. The maximum absolute atomic E-state index is 12.3. The van der Waals surface area contributed by atoms with Gasteiger partial charge in [-0.2, -0.15) is 0 Å². The Balaban J connectivity index is 1.59. The number of hydrogen-bond acceptors (Lipinski definition) is 4. The van der Waals surface area contributed by atoms with Crippen molar-refractivity contribution in [2.45, 2.75) is 19.9 Å². The Bertz CT molecular complexity index is 951. The number of hydrogen-bond donors (Lipinski definition) is 1. The summed E-state index contributed by atoms with van der Waals surface area (Å²) in [6.07, 6.45) is 4.22. The van der Waals surface area contributed by atoms with Gasteiger partial charge in [-0.05, 0) is 18.6 Å². The zero-order valence-electron chi connectivity index (χ0n) is 15.0. The lowest BCUT2D eigenvalue weighted by Crippen LogP contribution is -2.26. The molecular weight excluding hydrogens is 344 g/mol. The van der Waals surface area contributed by atoms with Crippen molar-refractivity contribution in [1.29, 1.82) is 0 Å². The lowest BCUT2D eigenvalue weighted by atomic mass is 10.1. The Labute approximate surface area is 156 Å². The number of aromatic nitrogens is 2. The van der Waals surface area contributed by atoms with Gasteiger partial charge in [-0.3, -0.25) is 14.9 Å². The van der Waals surface area contributed by atoms with E-state index in [9.17, 15) is 14.9 Å². The lowest BCUT2D eigenvalue weighted by Gasteiger charge is -2.09. The van der Waals surface area contributed by atoms with Gasteiger partial charge in [0.2, 0.25) is 0 Å². The van der Waals surface area contributed by atoms with Crippen LogP contribution >= 0.6 is 0 Å². The van der Waals surface area contributed by atoms with E-state index in [-0.39, 0.29) is 17.2 Å². The van der Waals surface area contributed by atoms with Crippen molar-refractivity contribution in [2.24, 2.45) is 0 Å². The fraction of sp³-hybridized carbons (Fsp3) is 0.200. The van der Waals surface area contributed by atoms with Crippen LogP contribution in [0.25, 0.3) is 0 Å². The predicted octanol–water partition coefficient (Wildman–Crippen LogP) is 3.12. The van der Waals surface area contributed by atoms with Gasteiger partial charge in [0.15, 0.2) is 0 Å². The number of nitro groups is 1. The molecule has 138 valence electrons. The molecule has 27 heavy (non-hydrogen) atoms. The molecule has 0 aliphatic heterocycles. The zero-order valence-corrected chi connectivity index (χ0v) is 15.0. The molecule has 3 aromatic rings. The summed E-state index contributed by atoms with van der Waals surface area (Å²) < 4.78 is 2.04. The summed E-state index contributed by atoms with van der Waals surface area (Å²) in [5.74, 6) is 0.535. The molecule has 1 aromatic heterocycles. The molecule has 2 aromatic carbocycles. The van der Waals surface area contributed by atoms with Crippen LogP contribution in [0.1, 0.15) is 27.3 Å². The molecule has 0 fully saturated rings. The third-order valence-corrected chi connectivity index (χ3v) is 4.30.